The van der Waals surface area contributed by atoms with E-state index in [9.17, 15) is 17.6 Å². The number of alkyl halides is 3. The minimum Gasteiger partial charge on any atom is -0.497 e. The molecule has 2 heterocycles. The number of benzene rings is 3. The summed E-state index contributed by atoms with van der Waals surface area (Å²) in [5.41, 5.74) is 7.43. The number of anilines is 3. The Morgan fingerprint density at radius 1 is 0.844 bits per heavy atom. The fraction of sp³-hybridized carbons (Fsp3) is 0.212. The number of hydrogen-bond acceptors (Lipinski definition) is 8. The molecule has 3 aromatic carbocycles. The van der Waals surface area contributed by atoms with Gasteiger partial charge in [-0.25, -0.2) is 9.37 Å². The number of nitrogens with one attached hydrogen (secondary N) is 1. The number of furan rings is 1. The first-order valence-electron chi connectivity index (χ1n) is 13.9. The van der Waals surface area contributed by atoms with Gasteiger partial charge in [0.15, 0.2) is 11.6 Å². The summed E-state index contributed by atoms with van der Waals surface area (Å²) >= 11 is 0. The maximum absolute atomic E-state index is 13.7. The van der Waals surface area contributed by atoms with E-state index >= 15 is 0 Å². The van der Waals surface area contributed by atoms with Gasteiger partial charge in [-0.15, -0.1) is 0 Å². The smallest absolute Gasteiger partial charge is 0.416 e. The number of nitrogens with two attached hydrogens (primary N) is 1. The van der Waals surface area contributed by atoms with Crippen molar-refractivity contribution in [2.24, 2.45) is 0 Å². The van der Waals surface area contributed by atoms with Gasteiger partial charge in [-0.1, -0.05) is 30.3 Å². The Labute approximate surface area is 257 Å². The van der Waals surface area contributed by atoms with Gasteiger partial charge in [0.25, 0.3) is 0 Å². The maximum atomic E-state index is 13.7. The largest absolute Gasteiger partial charge is 0.497 e. The molecule has 234 valence electrons. The molecule has 0 aliphatic heterocycles. The molecule has 12 heteroatoms. The normalized spacial score (nSPS) is 11.4. The summed E-state index contributed by atoms with van der Waals surface area (Å²) in [5.74, 6) is 1.73. The Hall–Kier alpha value is -5.26. The van der Waals surface area contributed by atoms with E-state index in [1.54, 1.807) is 33.3 Å². The Balaban J connectivity index is 1.57. The molecule has 0 saturated heterocycles. The summed E-state index contributed by atoms with van der Waals surface area (Å²) in [6.07, 6.45) is -4.76. The molecule has 0 radical (unpaired) electrons. The van der Waals surface area contributed by atoms with Crippen molar-refractivity contribution < 1.29 is 31.5 Å². The molecule has 3 N–H and O–H groups in total. The van der Waals surface area contributed by atoms with Crippen LogP contribution in [0.3, 0.4) is 0 Å². The fourth-order valence-electron chi connectivity index (χ4n) is 4.73. The van der Waals surface area contributed by atoms with Crippen LogP contribution in [0.25, 0.3) is 11.5 Å². The predicted octanol–water partition coefficient (Wildman–Crippen LogP) is 7.62. The summed E-state index contributed by atoms with van der Waals surface area (Å²) < 4.78 is 71.3. The van der Waals surface area contributed by atoms with E-state index in [0.29, 0.717) is 42.2 Å². The molecule has 0 amide bonds. The third-order valence-electron chi connectivity index (χ3n) is 7.08. The van der Waals surface area contributed by atoms with Gasteiger partial charge in [0.2, 0.25) is 5.95 Å². The summed E-state index contributed by atoms with van der Waals surface area (Å²) in [4.78, 5) is 11.4. The Kier molecular flexibility index (Phi) is 9.12. The van der Waals surface area contributed by atoms with Gasteiger partial charge in [0, 0.05) is 19.6 Å². The van der Waals surface area contributed by atoms with E-state index in [-0.39, 0.29) is 35.3 Å². The first-order chi connectivity index (χ1) is 21.5. The summed E-state index contributed by atoms with van der Waals surface area (Å²) in [6, 6.07) is 21.0. The van der Waals surface area contributed by atoms with Crippen LogP contribution in [0.4, 0.5) is 35.0 Å². The van der Waals surface area contributed by atoms with Crippen LogP contribution in [0, 0.1) is 12.7 Å². The molecular formula is C33H31F4N5O3. The molecule has 5 rings (SSSR count). The van der Waals surface area contributed by atoms with Crippen molar-refractivity contribution in [3.8, 4) is 23.0 Å². The third kappa shape index (κ3) is 7.46. The summed E-state index contributed by atoms with van der Waals surface area (Å²) in [7, 11) is 3.17. The number of ether oxygens (including phenoxy) is 2. The second-order valence-corrected chi connectivity index (χ2v) is 10.2. The van der Waals surface area contributed by atoms with Crippen LogP contribution in [-0.2, 0) is 25.8 Å². The van der Waals surface area contributed by atoms with Crippen LogP contribution >= 0.6 is 0 Å². The first-order valence-corrected chi connectivity index (χ1v) is 13.9. The van der Waals surface area contributed by atoms with E-state index in [0.717, 1.165) is 23.3 Å². The zero-order valence-electron chi connectivity index (χ0n) is 24.8. The first kappa shape index (κ1) is 31.2. The molecule has 0 aliphatic rings. The predicted molar refractivity (Wildman–Crippen MR) is 163 cm³/mol. The highest BCUT2D eigenvalue weighted by Crippen LogP contribution is 2.36. The maximum Gasteiger partial charge on any atom is 0.416 e. The standard InChI is InChI=1S/C33H31F4N5O3/c1-20-4-15-28(45-20)30-29(38)31(39-17-23-9-10-24(34)16-27(23)33(35,36)37)41-32(40-30)42(18-21-5-11-25(43-2)12-6-21)19-22-7-13-26(44-3)14-8-22/h4-16H,17-19,38H2,1-3H3,(H,39,40,41). The molecule has 0 bridgehead atoms. The average molecular weight is 622 g/mol. The SMILES string of the molecule is COc1ccc(CN(Cc2ccc(OC)cc2)c2nc(NCc3ccc(F)cc3C(F)(F)F)c(N)c(-c3ccc(C)o3)n2)cc1. The zero-order chi connectivity index (χ0) is 32.1. The van der Waals surface area contributed by atoms with Crippen molar-refractivity contribution >= 4 is 17.5 Å². The highest BCUT2D eigenvalue weighted by molar-refractivity contribution is 5.79. The monoisotopic (exact) mass is 621 g/mol. The van der Waals surface area contributed by atoms with E-state index in [2.05, 4.69) is 10.3 Å². The zero-order valence-corrected chi connectivity index (χ0v) is 24.8. The van der Waals surface area contributed by atoms with Gasteiger partial charge in [-0.3, -0.25) is 0 Å². The van der Waals surface area contributed by atoms with Gasteiger partial charge >= 0.3 is 6.18 Å². The lowest BCUT2D eigenvalue weighted by Gasteiger charge is -2.25. The fourth-order valence-corrected chi connectivity index (χ4v) is 4.73. The van der Waals surface area contributed by atoms with Crippen molar-refractivity contribution in [3.05, 3.63) is 113 Å². The van der Waals surface area contributed by atoms with Gasteiger partial charge in [0.05, 0.1) is 19.8 Å². The minimum absolute atomic E-state index is 0.0811. The number of hydrogen-bond donors (Lipinski definition) is 2. The van der Waals surface area contributed by atoms with Crippen molar-refractivity contribution in [2.45, 2.75) is 32.7 Å². The Bertz CT molecular complexity index is 1710. The summed E-state index contributed by atoms with van der Waals surface area (Å²) in [6.45, 7) is 2.18. The molecule has 0 saturated carbocycles. The van der Waals surface area contributed by atoms with Crippen molar-refractivity contribution in [1.82, 2.24) is 9.97 Å². The molecule has 45 heavy (non-hydrogen) atoms. The lowest BCUT2D eigenvalue weighted by Crippen LogP contribution is -2.25. The molecule has 0 spiro atoms. The van der Waals surface area contributed by atoms with Gasteiger partial charge < -0.3 is 29.8 Å². The number of halogens is 4. The van der Waals surface area contributed by atoms with Crippen LogP contribution in [-0.4, -0.2) is 24.2 Å². The lowest BCUT2D eigenvalue weighted by atomic mass is 10.1. The molecule has 2 aromatic heterocycles. The van der Waals surface area contributed by atoms with E-state index in [4.69, 9.17) is 24.6 Å². The number of nitrogen functional groups attached to an aromatic ring is 1. The number of rotatable bonds is 11. The molecule has 8 nitrogen and oxygen atoms in total. The van der Waals surface area contributed by atoms with Gasteiger partial charge in [0.1, 0.15) is 34.5 Å². The second kappa shape index (κ2) is 13.2. The molecule has 0 atom stereocenters. The highest BCUT2D eigenvalue weighted by Gasteiger charge is 2.34. The van der Waals surface area contributed by atoms with Crippen LogP contribution in [0.5, 0.6) is 11.5 Å². The van der Waals surface area contributed by atoms with E-state index in [1.165, 1.54) is 0 Å². The molecular weight excluding hydrogens is 590 g/mol. The van der Waals surface area contributed by atoms with Crippen LogP contribution < -0.4 is 25.4 Å². The minimum atomic E-state index is -4.76. The molecule has 5 aromatic rings. The molecule has 0 fully saturated rings. The summed E-state index contributed by atoms with van der Waals surface area (Å²) in [5, 5.41) is 2.93. The Morgan fingerprint density at radius 2 is 1.44 bits per heavy atom. The quantitative estimate of drug-likeness (QED) is 0.145. The van der Waals surface area contributed by atoms with Crippen molar-refractivity contribution in [3.63, 3.8) is 0 Å². The van der Waals surface area contributed by atoms with Crippen molar-refractivity contribution in [2.75, 3.05) is 30.2 Å². The number of aromatic nitrogens is 2. The van der Waals surface area contributed by atoms with Crippen LogP contribution in [0.15, 0.2) is 83.3 Å². The van der Waals surface area contributed by atoms with Gasteiger partial charge in [-0.05, 0) is 72.1 Å². The van der Waals surface area contributed by atoms with Crippen LogP contribution in [0.2, 0.25) is 0 Å². The second-order valence-electron chi connectivity index (χ2n) is 10.2. The molecule has 0 aliphatic carbocycles. The van der Waals surface area contributed by atoms with E-state index < -0.39 is 17.6 Å². The van der Waals surface area contributed by atoms with Crippen LogP contribution in [0.1, 0.15) is 28.0 Å². The molecule has 0 unspecified atom stereocenters. The van der Waals surface area contributed by atoms with E-state index in [1.807, 2.05) is 53.4 Å². The Morgan fingerprint density at radius 3 is 1.96 bits per heavy atom. The highest BCUT2D eigenvalue weighted by atomic mass is 19.4. The number of methoxy groups -OCH3 is 2. The van der Waals surface area contributed by atoms with Gasteiger partial charge in [-0.2, -0.15) is 18.2 Å². The van der Waals surface area contributed by atoms with Crippen molar-refractivity contribution in [1.29, 1.82) is 0 Å². The lowest BCUT2D eigenvalue weighted by molar-refractivity contribution is -0.138. The topological polar surface area (TPSA) is 98.7 Å². The average Bonchev–Trinajstić information content (AvgIpc) is 3.46. The number of nitrogens with zero attached hydrogens (tertiary/aromatic N) is 3. The third-order valence-corrected chi connectivity index (χ3v) is 7.08. The number of aryl methyl sites for hydroxylation is 1.